The summed E-state index contributed by atoms with van der Waals surface area (Å²) in [6.07, 6.45) is -3.36. The Morgan fingerprint density at radius 3 is 2.57 bits per heavy atom. The highest BCUT2D eigenvalue weighted by Gasteiger charge is 2.27. The van der Waals surface area contributed by atoms with E-state index in [0.717, 1.165) is 6.07 Å². The van der Waals surface area contributed by atoms with E-state index in [-0.39, 0.29) is 23.1 Å². The summed E-state index contributed by atoms with van der Waals surface area (Å²) in [5, 5.41) is 28.9. The van der Waals surface area contributed by atoms with Crippen LogP contribution >= 0.6 is 0 Å². The number of carboxylic acids is 1. The molecule has 0 bridgehead atoms. The number of ether oxygens (including phenoxy) is 1. The van der Waals surface area contributed by atoms with Crippen LogP contribution in [0.1, 0.15) is 28.9 Å². The van der Waals surface area contributed by atoms with Crippen LogP contribution < -0.4 is 5.63 Å². The maximum Gasteiger partial charge on any atom is 0.351 e. The van der Waals surface area contributed by atoms with Crippen LogP contribution in [0, 0.1) is 0 Å². The summed E-state index contributed by atoms with van der Waals surface area (Å²) in [6.45, 7) is 1.61. The van der Waals surface area contributed by atoms with Gasteiger partial charge in [-0.2, -0.15) is 0 Å². The molecule has 2 unspecified atom stereocenters. The molecular weight excluding hydrogens is 308 g/mol. The van der Waals surface area contributed by atoms with Crippen molar-refractivity contribution in [1.29, 1.82) is 0 Å². The molecule has 2 rings (SSSR count). The third kappa shape index (κ3) is 3.38. The fraction of sp³-hybridized carbons (Fsp3) is 0.267. The van der Waals surface area contributed by atoms with Crippen LogP contribution in [0.15, 0.2) is 33.5 Å². The van der Waals surface area contributed by atoms with Gasteiger partial charge in [0.15, 0.2) is 6.10 Å². The van der Waals surface area contributed by atoms with E-state index < -0.39 is 35.3 Å². The molecule has 0 saturated carbocycles. The lowest BCUT2D eigenvalue weighted by Gasteiger charge is -2.17. The fourth-order valence-corrected chi connectivity index (χ4v) is 2.01. The van der Waals surface area contributed by atoms with Crippen LogP contribution in [0.4, 0.5) is 0 Å². The number of hydrogen-bond donors (Lipinski definition) is 3. The van der Waals surface area contributed by atoms with Crippen LogP contribution in [0.5, 0.6) is 0 Å². The monoisotopic (exact) mass is 322 g/mol. The van der Waals surface area contributed by atoms with E-state index in [1.54, 1.807) is 6.92 Å². The number of rotatable bonds is 5. The van der Waals surface area contributed by atoms with Gasteiger partial charge >= 0.3 is 17.6 Å². The molecule has 8 nitrogen and oxygen atoms in total. The number of fused-ring (bicyclic) bond motifs is 1. The number of aliphatic hydroxyl groups is 2. The van der Waals surface area contributed by atoms with Gasteiger partial charge < -0.3 is 24.5 Å². The first-order valence-electron chi connectivity index (χ1n) is 6.69. The summed E-state index contributed by atoms with van der Waals surface area (Å²) in [5.74, 6) is -2.43. The van der Waals surface area contributed by atoms with E-state index in [1.165, 1.54) is 18.2 Å². The zero-order valence-corrected chi connectivity index (χ0v) is 12.1. The van der Waals surface area contributed by atoms with E-state index in [4.69, 9.17) is 9.52 Å². The van der Waals surface area contributed by atoms with Crippen molar-refractivity contribution in [3.05, 3.63) is 45.8 Å². The Balaban J connectivity index is 2.43. The lowest BCUT2D eigenvalue weighted by atomic mass is 10.0. The number of carbonyl (C=O) groups excluding carboxylic acids is 1. The summed E-state index contributed by atoms with van der Waals surface area (Å²) >= 11 is 0. The topological polar surface area (TPSA) is 134 Å². The van der Waals surface area contributed by atoms with Crippen molar-refractivity contribution in [3.8, 4) is 0 Å². The van der Waals surface area contributed by atoms with E-state index in [1.807, 2.05) is 0 Å². The summed E-state index contributed by atoms with van der Waals surface area (Å²) in [5.41, 5.74) is -1.30. The Labute approximate surface area is 129 Å². The predicted molar refractivity (Wildman–Crippen MR) is 77.0 cm³/mol. The highest BCUT2D eigenvalue weighted by Crippen LogP contribution is 2.23. The molecule has 1 aromatic heterocycles. The van der Waals surface area contributed by atoms with Crippen molar-refractivity contribution in [1.82, 2.24) is 0 Å². The maximum absolute atomic E-state index is 11.5. The molecule has 0 aliphatic carbocycles. The number of carboxylic acid groups (broad SMARTS) is 1. The zero-order chi connectivity index (χ0) is 17.1. The number of hydrogen-bond acceptors (Lipinski definition) is 7. The van der Waals surface area contributed by atoms with Crippen LogP contribution in [0.2, 0.25) is 0 Å². The Kier molecular flexibility index (Phi) is 4.77. The van der Waals surface area contributed by atoms with Crippen molar-refractivity contribution in [3.63, 3.8) is 0 Å². The smallest absolute Gasteiger partial charge is 0.351 e. The molecule has 8 heteroatoms. The highest BCUT2D eigenvalue weighted by molar-refractivity contribution is 5.91. The zero-order valence-electron chi connectivity index (χ0n) is 12.1. The maximum atomic E-state index is 11.5. The molecule has 3 N–H and O–H groups in total. The van der Waals surface area contributed by atoms with Crippen LogP contribution in [0.25, 0.3) is 11.0 Å². The number of esters is 1. The molecule has 1 aromatic carbocycles. The van der Waals surface area contributed by atoms with Crippen molar-refractivity contribution in [2.45, 2.75) is 19.1 Å². The van der Waals surface area contributed by atoms with Gasteiger partial charge in [-0.05, 0) is 30.7 Å². The minimum absolute atomic E-state index is 0.0491. The van der Waals surface area contributed by atoms with Crippen molar-refractivity contribution in [2.24, 2.45) is 0 Å². The predicted octanol–water partition coefficient (Wildman–Crippen LogP) is 0.449. The second kappa shape index (κ2) is 6.59. The van der Waals surface area contributed by atoms with Gasteiger partial charge in [-0.15, -0.1) is 0 Å². The first-order valence-corrected chi connectivity index (χ1v) is 6.69. The Hall–Kier alpha value is -2.71. The summed E-state index contributed by atoms with van der Waals surface area (Å²) < 4.78 is 9.48. The van der Waals surface area contributed by atoms with Crippen molar-refractivity contribution >= 4 is 22.9 Å². The molecule has 0 spiro atoms. The molecule has 0 fully saturated rings. The van der Waals surface area contributed by atoms with Crippen molar-refractivity contribution < 1.29 is 34.1 Å². The third-order valence-corrected chi connectivity index (χ3v) is 3.16. The van der Waals surface area contributed by atoms with Gasteiger partial charge in [0.05, 0.1) is 6.61 Å². The first kappa shape index (κ1) is 16.7. The Bertz CT molecular complexity index is 807. The molecule has 0 aliphatic rings. The molecule has 1 heterocycles. The van der Waals surface area contributed by atoms with Gasteiger partial charge in [0, 0.05) is 5.39 Å². The molecule has 2 aromatic rings. The summed E-state index contributed by atoms with van der Waals surface area (Å²) in [6, 6.07) is 5.09. The first-order chi connectivity index (χ1) is 10.8. The number of carbonyl (C=O) groups is 2. The largest absolute Gasteiger partial charge is 0.477 e. The van der Waals surface area contributed by atoms with Crippen molar-refractivity contribution in [2.75, 3.05) is 6.61 Å². The second-order valence-corrected chi connectivity index (χ2v) is 4.69. The second-order valence-electron chi connectivity index (χ2n) is 4.69. The quantitative estimate of drug-likeness (QED) is 0.533. The lowest BCUT2D eigenvalue weighted by molar-refractivity contribution is -0.159. The third-order valence-electron chi connectivity index (χ3n) is 3.16. The molecule has 23 heavy (non-hydrogen) atoms. The normalized spacial score (nSPS) is 13.5. The number of benzene rings is 1. The van der Waals surface area contributed by atoms with Gasteiger partial charge in [-0.25, -0.2) is 14.4 Å². The number of aromatic carboxylic acids is 1. The van der Waals surface area contributed by atoms with E-state index >= 15 is 0 Å². The van der Waals surface area contributed by atoms with Gasteiger partial charge in [0.1, 0.15) is 17.3 Å². The lowest BCUT2D eigenvalue weighted by Crippen LogP contribution is -2.29. The summed E-state index contributed by atoms with van der Waals surface area (Å²) in [7, 11) is 0. The molecule has 122 valence electrons. The molecule has 2 atom stereocenters. The highest BCUT2D eigenvalue weighted by atomic mass is 16.5. The number of aliphatic hydroxyl groups excluding tert-OH is 2. The van der Waals surface area contributed by atoms with E-state index in [0.29, 0.717) is 0 Å². The average molecular weight is 322 g/mol. The Morgan fingerprint density at radius 2 is 1.96 bits per heavy atom. The molecule has 0 amide bonds. The molecule has 0 aliphatic heterocycles. The molecular formula is C15H14O8. The minimum Gasteiger partial charge on any atom is -0.477 e. The van der Waals surface area contributed by atoms with Gasteiger partial charge in [-0.3, -0.25) is 0 Å². The van der Waals surface area contributed by atoms with E-state index in [9.17, 15) is 24.6 Å². The fourth-order valence-electron chi connectivity index (χ4n) is 2.01. The SMILES string of the molecule is CCOC(=O)C(O)C(O)c1ccc2oc(=O)c(C(=O)O)cc2c1. The van der Waals surface area contributed by atoms with Crippen LogP contribution in [-0.4, -0.2) is 40.0 Å². The standard InChI is InChI=1S/C15H14O8/c1-2-22-15(21)12(17)11(16)7-3-4-10-8(5-7)6-9(13(18)19)14(20)23-10/h3-6,11-12,16-17H,2H2,1H3,(H,18,19). The van der Waals surface area contributed by atoms with E-state index in [2.05, 4.69) is 4.74 Å². The van der Waals surface area contributed by atoms with Crippen LogP contribution in [-0.2, 0) is 9.53 Å². The van der Waals surface area contributed by atoms with Crippen LogP contribution in [0.3, 0.4) is 0 Å². The summed E-state index contributed by atoms with van der Waals surface area (Å²) in [4.78, 5) is 33.8. The van der Waals surface area contributed by atoms with Gasteiger partial charge in [-0.1, -0.05) is 6.07 Å². The Morgan fingerprint density at radius 1 is 1.26 bits per heavy atom. The van der Waals surface area contributed by atoms with Gasteiger partial charge in [0.2, 0.25) is 0 Å². The molecule has 0 saturated heterocycles. The minimum atomic E-state index is -1.79. The van der Waals surface area contributed by atoms with Gasteiger partial charge in [0.25, 0.3) is 0 Å². The molecule has 0 radical (unpaired) electrons. The average Bonchev–Trinajstić information content (AvgIpc) is 2.52.